The summed E-state index contributed by atoms with van der Waals surface area (Å²) in [7, 11) is 1.64. The van der Waals surface area contributed by atoms with Crippen molar-refractivity contribution >= 4 is 27.8 Å². The smallest absolute Gasteiger partial charge is 0.415 e. The molecule has 0 saturated carbocycles. The van der Waals surface area contributed by atoms with Crippen molar-refractivity contribution in [2.75, 3.05) is 11.9 Å². The third-order valence-corrected chi connectivity index (χ3v) is 3.29. The number of carbonyl (C=O) groups excluding carboxylic acids is 1. The van der Waals surface area contributed by atoms with Crippen molar-refractivity contribution in [3.8, 4) is 11.1 Å². The van der Waals surface area contributed by atoms with E-state index in [2.05, 4.69) is 25.9 Å². The highest BCUT2D eigenvalue weighted by molar-refractivity contribution is 9.10. The van der Waals surface area contributed by atoms with Crippen molar-refractivity contribution in [3.05, 3.63) is 41.3 Å². The van der Waals surface area contributed by atoms with E-state index in [0.29, 0.717) is 5.82 Å². The van der Waals surface area contributed by atoms with Crippen LogP contribution in [0.2, 0.25) is 0 Å². The van der Waals surface area contributed by atoms with Gasteiger partial charge in [-0.25, -0.2) is 14.8 Å². The number of hydrogen-bond acceptors (Lipinski definition) is 4. The summed E-state index contributed by atoms with van der Waals surface area (Å²) in [6.45, 7) is 5.49. The fraction of sp³-hybridized carbons (Fsp3) is 0.312. The fourth-order valence-electron chi connectivity index (χ4n) is 1.73. The first-order valence-electron chi connectivity index (χ1n) is 6.81. The van der Waals surface area contributed by atoms with E-state index >= 15 is 0 Å². The van der Waals surface area contributed by atoms with Crippen molar-refractivity contribution in [1.82, 2.24) is 9.97 Å². The summed E-state index contributed by atoms with van der Waals surface area (Å²) in [5.41, 5.74) is 1.36. The second kappa shape index (κ2) is 6.44. The molecule has 0 fully saturated rings. The van der Waals surface area contributed by atoms with Gasteiger partial charge in [-0.15, -0.1) is 0 Å². The second-order valence-electron chi connectivity index (χ2n) is 5.81. The van der Waals surface area contributed by atoms with Crippen LogP contribution in [0.1, 0.15) is 20.8 Å². The number of ether oxygens (including phenoxy) is 1. The van der Waals surface area contributed by atoms with Gasteiger partial charge in [-0.3, -0.25) is 4.90 Å². The van der Waals surface area contributed by atoms with E-state index in [0.717, 1.165) is 15.7 Å². The molecular formula is C16H18BrN3O2. The van der Waals surface area contributed by atoms with Crippen LogP contribution in [-0.2, 0) is 4.74 Å². The Morgan fingerprint density at radius 3 is 2.14 bits per heavy atom. The van der Waals surface area contributed by atoms with Crippen molar-refractivity contribution in [3.63, 3.8) is 0 Å². The Morgan fingerprint density at radius 2 is 1.68 bits per heavy atom. The van der Waals surface area contributed by atoms with Gasteiger partial charge < -0.3 is 4.74 Å². The predicted molar refractivity (Wildman–Crippen MR) is 89.8 cm³/mol. The lowest BCUT2D eigenvalue weighted by molar-refractivity contribution is 0.0588. The summed E-state index contributed by atoms with van der Waals surface area (Å²) in [6.07, 6.45) is 3.04. The summed E-state index contributed by atoms with van der Waals surface area (Å²) in [5.74, 6) is 0.531. The standard InChI is InChI=1S/C16H18BrN3O2/c1-16(2,3)22-15(21)20(4)14-8-6-12(10-19-14)11-5-7-13(17)18-9-11/h5-10H,1-4H3. The molecule has 0 radical (unpaired) electrons. The highest BCUT2D eigenvalue weighted by Gasteiger charge is 2.21. The number of hydrogen-bond donors (Lipinski definition) is 0. The molecule has 0 atom stereocenters. The molecule has 2 aromatic rings. The lowest BCUT2D eigenvalue weighted by atomic mass is 10.1. The molecule has 0 aliphatic carbocycles. The maximum absolute atomic E-state index is 12.0. The second-order valence-corrected chi connectivity index (χ2v) is 6.63. The minimum atomic E-state index is -0.533. The first kappa shape index (κ1) is 16.4. The molecule has 6 heteroatoms. The zero-order valence-corrected chi connectivity index (χ0v) is 14.6. The van der Waals surface area contributed by atoms with Crippen molar-refractivity contribution < 1.29 is 9.53 Å². The van der Waals surface area contributed by atoms with Crippen molar-refractivity contribution in [2.45, 2.75) is 26.4 Å². The van der Waals surface area contributed by atoms with Gasteiger partial charge in [-0.05, 0) is 54.9 Å². The van der Waals surface area contributed by atoms with Gasteiger partial charge in [0.2, 0.25) is 0 Å². The predicted octanol–water partition coefficient (Wildman–Crippen LogP) is 4.28. The largest absolute Gasteiger partial charge is 0.443 e. The summed E-state index contributed by atoms with van der Waals surface area (Å²) < 4.78 is 6.10. The molecule has 116 valence electrons. The maximum Gasteiger partial charge on any atom is 0.415 e. The quantitative estimate of drug-likeness (QED) is 0.747. The van der Waals surface area contributed by atoms with E-state index in [-0.39, 0.29) is 0 Å². The van der Waals surface area contributed by atoms with Crippen LogP contribution in [0, 0.1) is 0 Å². The van der Waals surface area contributed by atoms with Gasteiger partial charge in [0.1, 0.15) is 16.0 Å². The summed E-state index contributed by atoms with van der Waals surface area (Å²) in [4.78, 5) is 21.9. The highest BCUT2D eigenvalue weighted by Crippen LogP contribution is 2.22. The summed E-state index contributed by atoms with van der Waals surface area (Å²) >= 11 is 3.30. The molecule has 1 amide bonds. The Hall–Kier alpha value is -1.95. The lowest BCUT2D eigenvalue weighted by Crippen LogP contribution is -2.34. The van der Waals surface area contributed by atoms with Gasteiger partial charge in [-0.1, -0.05) is 6.07 Å². The Balaban J connectivity index is 2.14. The van der Waals surface area contributed by atoms with Gasteiger partial charge in [0, 0.05) is 30.6 Å². The van der Waals surface area contributed by atoms with Gasteiger partial charge in [-0.2, -0.15) is 0 Å². The maximum atomic E-state index is 12.0. The minimum Gasteiger partial charge on any atom is -0.443 e. The van der Waals surface area contributed by atoms with Crippen molar-refractivity contribution in [2.24, 2.45) is 0 Å². The third-order valence-electron chi connectivity index (χ3n) is 2.82. The molecule has 2 heterocycles. The van der Waals surface area contributed by atoms with Crippen molar-refractivity contribution in [1.29, 1.82) is 0 Å². The molecule has 0 N–H and O–H groups in total. The number of rotatable bonds is 2. The van der Waals surface area contributed by atoms with Crippen LogP contribution in [0.15, 0.2) is 41.3 Å². The zero-order chi connectivity index (χ0) is 16.3. The fourth-order valence-corrected chi connectivity index (χ4v) is 1.96. The molecule has 2 aromatic heterocycles. The average molecular weight is 364 g/mol. The van der Waals surface area contributed by atoms with Gasteiger partial charge in [0.25, 0.3) is 0 Å². The normalized spacial score (nSPS) is 11.1. The third kappa shape index (κ3) is 4.27. The number of halogens is 1. The highest BCUT2D eigenvalue weighted by atomic mass is 79.9. The molecule has 2 rings (SSSR count). The van der Waals surface area contributed by atoms with E-state index in [1.807, 2.05) is 39.0 Å². The first-order valence-corrected chi connectivity index (χ1v) is 7.60. The number of aromatic nitrogens is 2. The van der Waals surface area contributed by atoms with Gasteiger partial charge >= 0.3 is 6.09 Å². The van der Waals surface area contributed by atoms with E-state index in [1.54, 1.807) is 25.5 Å². The van der Waals surface area contributed by atoms with Crippen LogP contribution in [0.3, 0.4) is 0 Å². The molecule has 0 unspecified atom stereocenters. The Bertz CT molecular complexity index is 649. The average Bonchev–Trinajstić information content (AvgIpc) is 2.46. The monoisotopic (exact) mass is 363 g/mol. The summed E-state index contributed by atoms with van der Waals surface area (Å²) in [5, 5.41) is 0. The molecule has 0 spiro atoms. The Morgan fingerprint density at radius 1 is 1.09 bits per heavy atom. The zero-order valence-electron chi connectivity index (χ0n) is 13.0. The lowest BCUT2D eigenvalue weighted by Gasteiger charge is -2.24. The number of nitrogens with zero attached hydrogens (tertiary/aromatic N) is 3. The molecular weight excluding hydrogens is 346 g/mol. The molecule has 0 aliphatic heterocycles. The van der Waals surface area contributed by atoms with Crippen LogP contribution in [0.5, 0.6) is 0 Å². The van der Waals surface area contributed by atoms with Gasteiger partial charge in [0.15, 0.2) is 0 Å². The molecule has 0 aliphatic rings. The van der Waals surface area contributed by atoms with Crippen LogP contribution < -0.4 is 4.90 Å². The van der Waals surface area contributed by atoms with Crippen LogP contribution >= 0.6 is 15.9 Å². The van der Waals surface area contributed by atoms with E-state index in [4.69, 9.17) is 4.74 Å². The first-order chi connectivity index (χ1) is 10.3. The molecule has 0 bridgehead atoms. The van der Waals surface area contributed by atoms with Crippen LogP contribution in [0.4, 0.5) is 10.6 Å². The number of anilines is 1. The number of carbonyl (C=O) groups is 1. The minimum absolute atomic E-state index is 0.432. The molecule has 22 heavy (non-hydrogen) atoms. The molecule has 0 saturated heterocycles. The molecule has 5 nitrogen and oxygen atoms in total. The summed E-state index contributed by atoms with van der Waals surface area (Å²) in [6, 6.07) is 7.50. The Labute approximate surface area is 138 Å². The van der Waals surface area contributed by atoms with Gasteiger partial charge in [0.05, 0.1) is 0 Å². The Kier molecular flexibility index (Phi) is 4.81. The number of amides is 1. The van der Waals surface area contributed by atoms with E-state index in [9.17, 15) is 4.79 Å². The van der Waals surface area contributed by atoms with E-state index in [1.165, 1.54) is 4.90 Å². The van der Waals surface area contributed by atoms with E-state index < -0.39 is 11.7 Å². The number of pyridine rings is 2. The van der Waals surface area contributed by atoms with Crippen LogP contribution in [-0.4, -0.2) is 28.7 Å². The van der Waals surface area contributed by atoms with Crippen LogP contribution in [0.25, 0.3) is 11.1 Å². The SMILES string of the molecule is CN(C(=O)OC(C)(C)C)c1ccc(-c2ccc(Br)nc2)cn1. The topological polar surface area (TPSA) is 55.3 Å². The molecule has 0 aromatic carbocycles.